The molecule has 1 aromatic heterocycles. The SMILES string of the molecule is Cn1ccn(CC(=O)Nc2cccc(Cl)c2)c1=O. The third-order valence-electron chi connectivity index (χ3n) is 2.44. The van der Waals surface area contributed by atoms with Crippen molar-refractivity contribution in [2.75, 3.05) is 5.32 Å². The number of benzene rings is 1. The van der Waals surface area contributed by atoms with Gasteiger partial charge in [0.05, 0.1) is 0 Å². The lowest BCUT2D eigenvalue weighted by Crippen LogP contribution is -2.28. The Balaban J connectivity index is 2.05. The maximum atomic E-state index is 11.7. The van der Waals surface area contributed by atoms with Crippen LogP contribution in [-0.4, -0.2) is 15.0 Å². The monoisotopic (exact) mass is 265 g/mol. The van der Waals surface area contributed by atoms with Crippen LogP contribution in [0.2, 0.25) is 5.02 Å². The van der Waals surface area contributed by atoms with Crippen LogP contribution in [0, 0.1) is 0 Å². The van der Waals surface area contributed by atoms with Gasteiger partial charge in [-0.25, -0.2) is 4.79 Å². The van der Waals surface area contributed by atoms with Gasteiger partial charge in [-0.1, -0.05) is 17.7 Å². The minimum Gasteiger partial charge on any atom is -0.324 e. The molecule has 1 amide bonds. The van der Waals surface area contributed by atoms with E-state index in [0.717, 1.165) is 0 Å². The van der Waals surface area contributed by atoms with Crippen LogP contribution < -0.4 is 11.0 Å². The minimum atomic E-state index is -0.273. The molecule has 5 nitrogen and oxygen atoms in total. The first kappa shape index (κ1) is 12.4. The molecule has 0 saturated heterocycles. The van der Waals surface area contributed by atoms with Crippen molar-refractivity contribution in [3.8, 4) is 0 Å². The third-order valence-corrected chi connectivity index (χ3v) is 2.68. The number of nitrogens with one attached hydrogen (secondary N) is 1. The second kappa shape index (κ2) is 5.10. The molecule has 0 fully saturated rings. The molecule has 0 bridgehead atoms. The summed E-state index contributed by atoms with van der Waals surface area (Å²) < 4.78 is 2.74. The molecule has 0 aliphatic heterocycles. The fraction of sp³-hybridized carbons (Fsp3) is 0.167. The standard InChI is InChI=1S/C12H12ClN3O2/c1-15-5-6-16(12(15)18)8-11(17)14-10-4-2-3-9(13)7-10/h2-7H,8H2,1H3,(H,14,17). The number of rotatable bonds is 3. The molecule has 1 N–H and O–H groups in total. The Morgan fingerprint density at radius 2 is 2.17 bits per heavy atom. The summed E-state index contributed by atoms with van der Waals surface area (Å²) in [5.74, 6) is -0.273. The van der Waals surface area contributed by atoms with Gasteiger partial charge in [0.25, 0.3) is 0 Å². The third kappa shape index (κ3) is 2.81. The lowest BCUT2D eigenvalue weighted by Gasteiger charge is -2.05. The first-order valence-corrected chi connectivity index (χ1v) is 5.71. The molecule has 94 valence electrons. The lowest BCUT2D eigenvalue weighted by molar-refractivity contribution is -0.116. The van der Waals surface area contributed by atoms with Gasteiger partial charge in [0.15, 0.2) is 0 Å². The predicted octanol–water partition coefficient (Wildman–Crippen LogP) is 1.48. The van der Waals surface area contributed by atoms with Gasteiger partial charge in [0.2, 0.25) is 5.91 Å². The number of aryl methyl sites for hydroxylation is 1. The summed E-state index contributed by atoms with van der Waals surface area (Å²) in [6.07, 6.45) is 3.18. The highest BCUT2D eigenvalue weighted by atomic mass is 35.5. The van der Waals surface area contributed by atoms with Crippen LogP contribution >= 0.6 is 11.6 Å². The van der Waals surface area contributed by atoms with E-state index < -0.39 is 0 Å². The van der Waals surface area contributed by atoms with Gasteiger partial charge in [-0.15, -0.1) is 0 Å². The number of hydrogen-bond acceptors (Lipinski definition) is 2. The number of carbonyl (C=O) groups excluding carboxylic acids is 1. The topological polar surface area (TPSA) is 56.0 Å². The van der Waals surface area contributed by atoms with Gasteiger partial charge in [0.1, 0.15) is 6.54 Å². The van der Waals surface area contributed by atoms with Crippen molar-refractivity contribution in [1.29, 1.82) is 0 Å². The first-order chi connectivity index (χ1) is 8.56. The van der Waals surface area contributed by atoms with Crippen molar-refractivity contribution < 1.29 is 4.79 Å². The normalized spacial score (nSPS) is 10.3. The number of anilines is 1. The molecule has 1 heterocycles. The second-order valence-corrected chi connectivity index (χ2v) is 4.31. The van der Waals surface area contributed by atoms with Crippen LogP contribution in [0.1, 0.15) is 0 Å². The fourth-order valence-corrected chi connectivity index (χ4v) is 1.74. The second-order valence-electron chi connectivity index (χ2n) is 3.88. The Kier molecular flexibility index (Phi) is 3.53. The van der Waals surface area contributed by atoms with E-state index in [4.69, 9.17) is 11.6 Å². The van der Waals surface area contributed by atoms with E-state index in [9.17, 15) is 9.59 Å². The van der Waals surface area contributed by atoms with Crippen molar-refractivity contribution in [3.05, 3.63) is 52.2 Å². The highest BCUT2D eigenvalue weighted by molar-refractivity contribution is 6.30. The van der Waals surface area contributed by atoms with Gasteiger partial charge >= 0.3 is 5.69 Å². The number of carbonyl (C=O) groups is 1. The van der Waals surface area contributed by atoms with Crippen LogP contribution in [0.4, 0.5) is 5.69 Å². The van der Waals surface area contributed by atoms with Crippen molar-refractivity contribution in [2.24, 2.45) is 7.05 Å². The van der Waals surface area contributed by atoms with E-state index in [2.05, 4.69) is 5.32 Å². The van der Waals surface area contributed by atoms with Gasteiger partial charge in [-0.2, -0.15) is 0 Å². The summed E-state index contributed by atoms with van der Waals surface area (Å²) in [5.41, 5.74) is 0.382. The minimum absolute atomic E-state index is 0.0216. The number of amides is 1. The Morgan fingerprint density at radius 1 is 1.39 bits per heavy atom. The lowest BCUT2D eigenvalue weighted by atomic mass is 10.3. The van der Waals surface area contributed by atoms with Crippen LogP contribution in [-0.2, 0) is 18.4 Å². The molecule has 6 heteroatoms. The zero-order chi connectivity index (χ0) is 13.1. The maximum Gasteiger partial charge on any atom is 0.328 e. The van der Waals surface area contributed by atoms with E-state index in [0.29, 0.717) is 10.7 Å². The smallest absolute Gasteiger partial charge is 0.324 e. The largest absolute Gasteiger partial charge is 0.328 e. The quantitative estimate of drug-likeness (QED) is 0.914. The molecule has 0 aliphatic rings. The molecule has 0 aliphatic carbocycles. The highest BCUT2D eigenvalue weighted by Crippen LogP contribution is 2.14. The molecule has 0 spiro atoms. The summed E-state index contributed by atoms with van der Waals surface area (Å²) in [4.78, 5) is 23.3. The summed E-state index contributed by atoms with van der Waals surface area (Å²) in [5, 5.41) is 3.22. The molecule has 2 rings (SSSR count). The van der Waals surface area contributed by atoms with E-state index in [1.807, 2.05) is 0 Å². The van der Waals surface area contributed by atoms with E-state index in [1.54, 1.807) is 43.7 Å². The van der Waals surface area contributed by atoms with Crippen LogP contribution in [0.3, 0.4) is 0 Å². The molecular weight excluding hydrogens is 254 g/mol. The Bertz CT molecular complexity index is 630. The number of halogens is 1. The number of aromatic nitrogens is 2. The summed E-state index contributed by atoms with van der Waals surface area (Å²) >= 11 is 5.81. The fourth-order valence-electron chi connectivity index (χ4n) is 1.55. The van der Waals surface area contributed by atoms with Crippen molar-refractivity contribution >= 4 is 23.2 Å². The zero-order valence-corrected chi connectivity index (χ0v) is 10.5. The average molecular weight is 266 g/mol. The molecule has 0 unspecified atom stereocenters. The van der Waals surface area contributed by atoms with Gasteiger partial charge in [-0.05, 0) is 18.2 Å². The predicted molar refractivity (Wildman–Crippen MR) is 69.8 cm³/mol. The molecule has 0 atom stereocenters. The van der Waals surface area contributed by atoms with E-state index >= 15 is 0 Å². The van der Waals surface area contributed by atoms with E-state index in [-0.39, 0.29) is 18.1 Å². The van der Waals surface area contributed by atoms with Crippen LogP contribution in [0.5, 0.6) is 0 Å². The average Bonchev–Trinajstić information content (AvgIpc) is 2.61. The van der Waals surface area contributed by atoms with Crippen molar-refractivity contribution in [3.63, 3.8) is 0 Å². The summed E-state index contributed by atoms with van der Waals surface area (Å²) in [7, 11) is 1.63. The Labute approximate surface area is 109 Å². The van der Waals surface area contributed by atoms with Gasteiger partial charge < -0.3 is 9.88 Å². The highest BCUT2D eigenvalue weighted by Gasteiger charge is 2.06. The van der Waals surface area contributed by atoms with E-state index in [1.165, 1.54) is 9.13 Å². The first-order valence-electron chi connectivity index (χ1n) is 5.33. The summed E-state index contributed by atoms with van der Waals surface area (Å²) in [6, 6.07) is 6.84. The molecular formula is C12H12ClN3O2. The van der Waals surface area contributed by atoms with Gasteiger partial charge in [0, 0.05) is 30.2 Å². The molecule has 1 aromatic carbocycles. The molecule has 0 radical (unpaired) electrons. The molecule has 18 heavy (non-hydrogen) atoms. The Morgan fingerprint density at radius 3 is 2.78 bits per heavy atom. The number of imidazole rings is 1. The van der Waals surface area contributed by atoms with Crippen molar-refractivity contribution in [2.45, 2.75) is 6.54 Å². The summed E-state index contributed by atoms with van der Waals surface area (Å²) in [6.45, 7) is -0.0216. The molecule has 2 aromatic rings. The van der Waals surface area contributed by atoms with Gasteiger partial charge in [-0.3, -0.25) is 9.36 Å². The van der Waals surface area contributed by atoms with Crippen molar-refractivity contribution in [1.82, 2.24) is 9.13 Å². The maximum absolute atomic E-state index is 11.7. The van der Waals surface area contributed by atoms with Crippen LogP contribution in [0.15, 0.2) is 41.5 Å². The molecule has 0 saturated carbocycles. The number of hydrogen-bond donors (Lipinski definition) is 1. The zero-order valence-electron chi connectivity index (χ0n) is 9.76. The van der Waals surface area contributed by atoms with Crippen LogP contribution in [0.25, 0.3) is 0 Å². The number of nitrogens with zero attached hydrogens (tertiary/aromatic N) is 2. The Hall–Kier alpha value is -2.01.